The zero-order chi connectivity index (χ0) is 37.4. The summed E-state index contributed by atoms with van der Waals surface area (Å²) in [6, 6.07) is 1.79. The van der Waals surface area contributed by atoms with Crippen LogP contribution >= 0.6 is 0 Å². The molecule has 5 fully saturated rings. The molecule has 1 heterocycles. The Bertz CT molecular complexity index is 1550. The van der Waals surface area contributed by atoms with Gasteiger partial charge in [-0.15, -0.1) is 0 Å². The zero-order valence-electron chi connectivity index (χ0n) is 33.2. The van der Waals surface area contributed by atoms with Gasteiger partial charge in [-0.2, -0.15) is 0 Å². The van der Waals surface area contributed by atoms with Crippen molar-refractivity contribution in [1.82, 2.24) is 5.16 Å². The summed E-state index contributed by atoms with van der Waals surface area (Å²) < 4.78 is 17.5. The average Bonchev–Trinajstić information content (AvgIpc) is 3.63. The lowest BCUT2D eigenvalue weighted by Gasteiger charge is -2.75. The first-order valence-corrected chi connectivity index (χ1v) is 19.9. The molecule has 0 aliphatic heterocycles. The largest absolute Gasteiger partial charge is 0.477 e. The lowest BCUT2D eigenvalue weighted by atomic mass is 9.30. The Morgan fingerprint density at radius 2 is 1.76 bits per heavy atom. The van der Waals surface area contributed by atoms with Crippen molar-refractivity contribution in [2.45, 2.75) is 157 Å². The minimum atomic E-state index is -0.592. The van der Waals surface area contributed by atoms with Gasteiger partial charge in [-0.25, -0.2) is 0 Å². The van der Waals surface area contributed by atoms with Crippen LogP contribution in [0.25, 0.3) is 0 Å². The highest BCUT2D eigenvalue weighted by molar-refractivity contribution is 5.78. The Morgan fingerprint density at radius 1 is 1.06 bits per heavy atom. The Hall–Kier alpha value is -2.48. The van der Waals surface area contributed by atoms with Gasteiger partial charge in [-0.05, 0) is 130 Å². The van der Waals surface area contributed by atoms with E-state index in [4.69, 9.17) is 25.1 Å². The summed E-state index contributed by atoms with van der Waals surface area (Å²) in [5.41, 5.74) is 9.18. The van der Waals surface area contributed by atoms with Gasteiger partial charge in [0.2, 0.25) is 0 Å². The van der Waals surface area contributed by atoms with E-state index in [1.54, 1.807) is 6.07 Å². The molecule has 3 N–H and O–H groups in total. The molecule has 8 nitrogen and oxygen atoms in total. The van der Waals surface area contributed by atoms with Crippen LogP contribution in [-0.4, -0.2) is 41.6 Å². The van der Waals surface area contributed by atoms with Crippen molar-refractivity contribution < 1.29 is 23.6 Å². The number of ether oxygens (including phenoxy) is 2. The van der Waals surface area contributed by atoms with E-state index in [2.05, 4.69) is 53.3 Å². The van der Waals surface area contributed by atoms with Crippen LogP contribution in [0.15, 0.2) is 22.7 Å². The number of aryl methyl sites for hydroxylation is 1. The van der Waals surface area contributed by atoms with Gasteiger partial charge in [0.05, 0.1) is 18.7 Å². The second-order valence-electron chi connectivity index (χ2n) is 20.1. The van der Waals surface area contributed by atoms with E-state index in [1.165, 1.54) is 5.57 Å². The number of carbonyl (C=O) groups excluding carboxylic acids is 2. The second-order valence-corrected chi connectivity index (χ2v) is 20.1. The van der Waals surface area contributed by atoms with Gasteiger partial charge in [0.1, 0.15) is 18.2 Å². The van der Waals surface area contributed by atoms with Crippen LogP contribution in [0.3, 0.4) is 0 Å². The molecule has 284 valence electrons. The number of nitrogens with one attached hydrogen (secondary N) is 1. The second kappa shape index (κ2) is 12.8. The summed E-state index contributed by atoms with van der Waals surface area (Å²) in [6.45, 7) is 25.2. The van der Waals surface area contributed by atoms with E-state index in [0.29, 0.717) is 48.2 Å². The smallest absolute Gasteiger partial charge is 0.311 e. The van der Waals surface area contributed by atoms with E-state index < -0.39 is 5.41 Å². The number of carbonyl (C=O) groups is 2. The van der Waals surface area contributed by atoms with Crippen LogP contribution in [-0.2, 0) is 25.5 Å². The van der Waals surface area contributed by atoms with Crippen LogP contribution in [0.1, 0.15) is 144 Å². The molecule has 0 spiro atoms. The molecule has 0 radical (unpaired) electrons. The van der Waals surface area contributed by atoms with Crippen LogP contribution in [0.4, 0.5) is 0 Å². The monoisotopic (exact) mass is 706 g/mol. The molecule has 4 unspecified atom stereocenters. The number of hydrogen-bond donors (Lipinski definition) is 2. The molecule has 0 aromatic carbocycles. The summed E-state index contributed by atoms with van der Waals surface area (Å²) in [7, 11) is 0. The number of fused-ring (bicyclic) bond motifs is 7. The van der Waals surface area contributed by atoms with E-state index in [0.717, 1.165) is 76.9 Å². The van der Waals surface area contributed by atoms with Gasteiger partial charge in [-0.1, -0.05) is 65.8 Å². The third-order valence-electron chi connectivity index (χ3n) is 16.5. The number of aromatic nitrogens is 1. The number of allylic oxidation sites excluding steroid dienone is 1. The number of hydrogen-bond acceptors (Lipinski definition) is 8. The van der Waals surface area contributed by atoms with Crippen LogP contribution < -0.4 is 5.73 Å². The lowest BCUT2D eigenvalue weighted by molar-refractivity contribution is -0.254. The SMILES string of the molecule is C=C(C)[C@@H]1CC[C@]2(CCOC(=O)Cc3cc(C)on3)CC[C@@]3(C)C4(C)CC[C@H]5C(C)(C)C(OC(=N)CC(C)(C)C=O)CCC5(C)[C@H]4CCC3(N)[C@@H]12. The molecule has 1 aromatic heterocycles. The van der Waals surface area contributed by atoms with Crippen molar-refractivity contribution in [3.63, 3.8) is 0 Å². The van der Waals surface area contributed by atoms with Gasteiger partial charge in [0.15, 0.2) is 5.90 Å². The van der Waals surface area contributed by atoms with Gasteiger partial charge >= 0.3 is 5.97 Å². The Balaban J connectivity index is 1.23. The molecule has 0 bridgehead atoms. The maximum atomic E-state index is 12.8. The molecule has 5 saturated carbocycles. The standard InChI is InChI=1S/C43H67N3O5/c1-27(2)30-11-17-42(21-22-49-35(48)24-29-23-28(3)51-46-29)20-19-41(10)40(9)16-12-31-38(6,7)33(50-34(44)25-37(4,5)26-47)14-15-39(31,8)32(40)13-18-43(41,45)36(30)42/h23,26,30-33,36,44H,1,11-22,24-25,45H2,2-10H3/t30-,31-,32+,33?,36-,39?,40?,41-,42+,43?/m0/s1. The van der Waals surface area contributed by atoms with Crippen molar-refractivity contribution in [3.8, 4) is 0 Å². The molecular formula is C43H67N3O5. The van der Waals surface area contributed by atoms with E-state index >= 15 is 0 Å². The number of rotatable bonds is 10. The fraction of sp³-hybridized carbons (Fsp3) is 0.814. The first-order valence-electron chi connectivity index (χ1n) is 19.9. The molecular weight excluding hydrogens is 638 g/mol. The maximum Gasteiger partial charge on any atom is 0.311 e. The van der Waals surface area contributed by atoms with Gasteiger partial charge in [0.25, 0.3) is 0 Å². The molecule has 5 aliphatic rings. The first kappa shape index (κ1) is 38.3. The summed E-state index contributed by atoms with van der Waals surface area (Å²) in [5.74, 6) is 2.40. The third kappa shape index (κ3) is 5.96. The van der Waals surface area contributed by atoms with Crippen molar-refractivity contribution in [2.75, 3.05) is 6.61 Å². The molecule has 5 aliphatic carbocycles. The summed E-state index contributed by atoms with van der Waals surface area (Å²) in [6.07, 6.45) is 13.1. The quantitative estimate of drug-likeness (QED) is 0.0817. The minimum absolute atomic E-state index is 0.0260. The maximum absolute atomic E-state index is 12.8. The number of nitrogens with zero attached hydrogens (tertiary/aromatic N) is 1. The van der Waals surface area contributed by atoms with Gasteiger partial charge in [-0.3, -0.25) is 10.2 Å². The summed E-state index contributed by atoms with van der Waals surface area (Å²) in [4.78, 5) is 24.4. The van der Waals surface area contributed by atoms with Crippen LogP contribution in [0.2, 0.25) is 0 Å². The Kier molecular flexibility index (Phi) is 9.62. The van der Waals surface area contributed by atoms with Crippen molar-refractivity contribution in [2.24, 2.45) is 61.9 Å². The molecule has 0 saturated heterocycles. The van der Waals surface area contributed by atoms with Crippen LogP contribution in [0, 0.1) is 68.5 Å². The van der Waals surface area contributed by atoms with Crippen LogP contribution in [0.5, 0.6) is 0 Å². The Labute approximate surface area is 307 Å². The minimum Gasteiger partial charge on any atom is -0.477 e. The fourth-order valence-electron chi connectivity index (χ4n) is 13.8. The highest BCUT2D eigenvalue weighted by Crippen LogP contribution is 2.78. The van der Waals surface area contributed by atoms with E-state index in [9.17, 15) is 9.59 Å². The number of esters is 1. The molecule has 6 rings (SSSR count). The van der Waals surface area contributed by atoms with Crippen molar-refractivity contribution >= 4 is 18.2 Å². The van der Waals surface area contributed by atoms with Crippen molar-refractivity contribution in [1.29, 1.82) is 5.41 Å². The predicted octanol–water partition coefficient (Wildman–Crippen LogP) is 9.18. The fourth-order valence-corrected chi connectivity index (χ4v) is 13.8. The van der Waals surface area contributed by atoms with Crippen molar-refractivity contribution in [3.05, 3.63) is 29.7 Å². The third-order valence-corrected chi connectivity index (χ3v) is 16.5. The Morgan fingerprint density at radius 3 is 2.41 bits per heavy atom. The zero-order valence-corrected chi connectivity index (χ0v) is 33.2. The topological polar surface area (TPSA) is 128 Å². The molecule has 8 heteroatoms. The molecule has 0 amide bonds. The highest BCUT2D eigenvalue weighted by atomic mass is 16.5. The summed E-state index contributed by atoms with van der Waals surface area (Å²) >= 11 is 0. The first-order chi connectivity index (χ1) is 23.7. The lowest BCUT2D eigenvalue weighted by Crippen LogP contribution is -2.76. The molecule has 1 aromatic rings. The predicted molar refractivity (Wildman–Crippen MR) is 200 cm³/mol. The van der Waals surface area contributed by atoms with Gasteiger partial charge in [0, 0.05) is 28.9 Å². The number of aldehydes is 1. The average molecular weight is 706 g/mol. The van der Waals surface area contributed by atoms with Gasteiger partial charge < -0.3 is 24.5 Å². The number of nitrogens with two attached hydrogens (primary N) is 1. The normalized spacial score (nSPS) is 41.3. The highest BCUT2D eigenvalue weighted by Gasteiger charge is 2.75. The molecule has 51 heavy (non-hydrogen) atoms. The van der Waals surface area contributed by atoms with E-state index in [1.807, 2.05) is 20.8 Å². The molecule has 10 atom stereocenters. The van der Waals surface area contributed by atoms with E-state index in [-0.39, 0.29) is 57.0 Å². The summed E-state index contributed by atoms with van der Waals surface area (Å²) in [5, 5.41) is 12.6.